The molecular weight excluding hydrogens is 148 g/mol. The SMILES string of the molecule is COC(=O)C(=O)N1CCNC1. The lowest BCUT2D eigenvalue weighted by Crippen LogP contribution is -2.36. The van der Waals surface area contributed by atoms with Crippen molar-refractivity contribution < 1.29 is 14.3 Å². The Bertz CT molecular complexity index is 175. The fourth-order valence-electron chi connectivity index (χ4n) is 0.897. The first-order valence-electron chi connectivity index (χ1n) is 3.33. The van der Waals surface area contributed by atoms with Crippen LogP contribution < -0.4 is 5.32 Å². The average molecular weight is 158 g/mol. The summed E-state index contributed by atoms with van der Waals surface area (Å²) in [5.74, 6) is -1.37. The van der Waals surface area contributed by atoms with Crippen LogP contribution in [0.4, 0.5) is 0 Å². The third kappa shape index (κ3) is 1.68. The summed E-state index contributed by atoms with van der Waals surface area (Å²) in [6.45, 7) is 1.75. The standard InChI is InChI=1S/C6H10N2O3/c1-11-6(10)5(9)8-3-2-7-4-8/h7H,2-4H2,1H3. The minimum atomic E-state index is -0.798. The van der Waals surface area contributed by atoms with Crippen LogP contribution in [0.5, 0.6) is 0 Å². The lowest BCUT2D eigenvalue weighted by Gasteiger charge is -2.11. The number of ether oxygens (including phenoxy) is 1. The number of amides is 1. The molecule has 0 bridgehead atoms. The molecule has 5 heteroatoms. The lowest BCUT2D eigenvalue weighted by atomic mass is 10.5. The zero-order chi connectivity index (χ0) is 8.27. The minimum Gasteiger partial charge on any atom is -0.462 e. The molecule has 0 aliphatic carbocycles. The second-order valence-corrected chi connectivity index (χ2v) is 2.22. The number of rotatable bonds is 0. The highest BCUT2D eigenvalue weighted by Crippen LogP contribution is 1.94. The predicted molar refractivity (Wildman–Crippen MR) is 36.6 cm³/mol. The summed E-state index contributed by atoms with van der Waals surface area (Å²) in [6, 6.07) is 0. The summed E-state index contributed by atoms with van der Waals surface area (Å²) in [6.07, 6.45) is 0. The molecule has 1 saturated heterocycles. The number of hydrogen-bond donors (Lipinski definition) is 1. The van der Waals surface area contributed by atoms with E-state index in [0.29, 0.717) is 13.2 Å². The molecule has 0 spiro atoms. The molecule has 1 rings (SSSR count). The Morgan fingerprint density at radius 3 is 2.73 bits per heavy atom. The van der Waals surface area contributed by atoms with Gasteiger partial charge < -0.3 is 9.64 Å². The maximum Gasteiger partial charge on any atom is 0.396 e. The molecule has 62 valence electrons. The number of esters is 1. The van der Waals surface area contributed by atoms with Crippen LogP contribution in [0, 0.1) is 0 Å². The van der Waals surface area contributed by atoms with Crippen LogP contribution in [0.2, 0.25) is 0 Å². The Kier molecular flexibility index (Phi) is 2.43. The zero-order valence-electron chi connectivity index (χ0n) is 6.29. The van der Waals surface area contributed by atoms with E-state index in [1.54, 1.807) is 0 Å². The van der Waals surface area contributed by atoms with Gasteiger partial charge in [-0.05, 0) is 0 Å². The summed E-state index contributed by atoms with van der Waals surface area (Å²) in [4.78, 5) is 23.1. The molecule has 0 radical (unpaired) electrons. The number of methoxy groups -OCH3 is 1. The van der Waals surface area contributed by atoms with Gasteiger partial charge in [0.25, 0.3) is 0 Å². The van der Waals surface area contributed by atoms with E-state index in [0.717, 1.165) is 6.54 Å². The molecule has 0 atom stereocenters. The van der Waals surface area contributed by atoms with E-state index >= 15 is 0 Å². The maximum atomic E-state index is 11.0. The number of hydrogen-bond acceptors (Lipinski definition) is 4. The number of carbonyl (C=O) groups excluding carboxylic acids is 2. The molecule has 1 heterocycles. The third-order valence-electron chi connectivity index (χ3n) is 1.51. The Hall–Kier alpha value is -1.10. The van der Waals surface area contributed by atoms with Crippen molar-refractivity contribution in [2.24, 2.45) is 0 Å². The quantitative estimate of drug-likeness (QED) is 0.346. The van der Waals surface area contributed by atoms with Gasteiger partial charge in [0, 0.05) is 13.1 Å². The van der Waals surface area contributed by atoms with Crippen molar-refractivity contribution in [3.05, 3.63) is 0 Å². The highest BCUT2D eigenvalue weighted by atomic mass is 16.5. The number of nitrogens with zero attached hydrogens (tertiary/aromatic N) is 1. The van der Waals surface area contributed by atoms with E-state index in [2.05, 4.69) is 10.1 Å². The van der Waals surface area contributed by atoms with Crippen molar-refractivity contribution in [3.8, 4) is 0 Å². The van der Waals surface area contributed by atoms with E-state index in [1.165, 1.54) is 12.0 Å². The van der Waals surface area contributed by atoms with Crippen molar-refractivity contribution in [2.75, 3.05) is 26.9 Å². The van der Waals surface area contributed by atoms with E-state index < -0.39 is 11.9 Å². The molecule has 0 unspecified atom stereocenters. The van der Waals surface area contributed by atoms with Gasteiger partial charge in [0.1, 0.15) is 0 Å². The molecule has 1 aliphatic rings. The molecule has 11 heavy (non-hydrogen) atoms. The van der Waals surface area contributed by atoms with Crippen molar-refractivity contribution in [1.82, 2.24) is 10.2 Å². The van der Waals surface area contributed by atoms with Crippen LogP contribution in [0.3, 0.4) is 0 Å². The highest BCUT2D eigenvalue weighted by Gasteiger charge is 2.24. The summed E-state index contributed by atoms with van der Waals surface area (Å²) in [5, 5.41) is 2.93. The van der Waals surface area contributed by atoms with Gasteiger partial charge in [0.15, 0.2) is 0 Å². The monoisotopic (exact) mass is 158 g/mol. The van der Waals surface area contributed by atoms with Gasteiger partial charge in [-0.3, -0.25) is 10.1 Å². The molecular formula is C6H10N2O3. The van der Waals surface area contributed by atoms with E-state index in [4.69, 9.17) is 0 Å². The minimum absolute atomic E-state index is 0.438. The summed E-state index contributed by atoms with van der Waals surface area (Å²) in [5.41, 5.74) is 0. The van der Waals surface area contributed by atoms with Crippen LogP contribution in [0.1, 0.15) is 0 Å². The number of carbonyl (C=O) groups is 2. The predicted octanol–water partition coefficient (Wildman–Crippen LogP) is -1.45. The Morgan fingerprint density at radius 2 is 2.27 bits per heavy atom. The van der Waals surface area contributed by atoms with Gasteiger partial charge in [0.2, 0.25) is 0 Å². The smallest absolute Gasteiger partial charge is 0.396 e. The molecule has 1 aliphatic heterocycles. The van der Waals surface area contributed by atoms with Crippen molar-refractivity contribution in [2.45, 2.75) is 0 Å². The van der Waals surface area contributed by atoms with E-state index in [-0.39, 0.29) is 0 Å². The highest BCUT2D eigenvalue weighted by molar-refractivity contribution is 6.32. The van der Waals surface area contributed by atoms with Gasteiger partial charge in [-0.2, -0.15) is 0 Å². The molecule has 0 aromatic carbocycles. The summed E-state index contributed by atoms with van der Waals surface area (Å²) < 4.78 is 4.27. The van der Waals surface area contributed by atoms with Crippen LogP contribution in [0.15, 0.2) is 0 Å². The van der Waals surface area contributed by atoms with Crippen LogP contribution in [0.25, 0.3) is 0 Å². The molecule has 1 amide bonds. The van der Waals surface area contributed by atoms with Gasteiger partial charge in [-0.15, -0.1) is 0 Å². The largest absolute Gasteiger partial charge is 0.462 e. The van der Waals surface area contributed by atoms with Gasteiger partial charge in [0.05, 0.1) is 13.8 Å². The first-order chi connectivity index (χ1) is 5.25. The van der Waals surface area contributed by atoms with Crippen molar-refractivity contribution in [3.63, 3.8) is 0 Å². The third-order valence-corrected chi connectivity index (χ3v) is 1.51. The number of nitrogens with one attached hydrogen (secondary N) is 1. The second-order valence-electron chi connectivity index (χ2n) is 2.22. The van der Waals surface area contributed by atoms with E-state index in [1.807, 2.05) is 0 Å². The van der Waals surface area contributed by atoms with Gasteiger partial charge in [-0.1, -0.05) is 0 Å². The summed E-state index contributed by atoms with van der Waals surface area (Å²) >= 11 is 0. The first kappa shape index (κ1) is 8.00. The normalized spacial score (nSPS) is 16.6. The molecule has 0 saturated carbocycles. The molecule has 0 aromatic heterocycles. The summed E-state index contributed by atoms with van der Waals surface area (Å²) in [7, 11) is 1.20. The molecule has 1 fully saturated rings. The first-order valence-corrected chi connectivity index (χ1v) is 3.33. The Morgan fingerprint density at radius 1 is 1.55 bits per heavy atom. The second kappa shape index (κ2) is 3.34. The molecule has 0 aromatic rings. The zero-order valence-corrected chi connectivity index (χ0v) is 6.29. The average Bonchev–Trinajstić information content (AvgIpc) is 2.53. The van der Waals surface area contributed by atoms with Gasteiger partial charge >= 0.3 is 11.9 Å². The van der Waals surface area contributed by atoms with Crippen LogP contribution >= 0.6 is 0 Å². The Balaban J connectivity index is 2.46. The van der Waals surface area contributed by atoms with Gasteiger partial charge in [-0.25, -0.2) is 4.79 Å². The Labute approximate surface area is 64.3 Å². The lowest BCUT2D eigenvalue weighted by molar-refractivity contribution is -0.157. The maximum absolute atomic E-state index is 11.0. The fraction of sp³-hybridized carbons (Fsp3) is 0.667. The molecule has 5 nitrogen and oxygen atoms in total. The van der Waals surface area contributed by atoms with E-state index in [9.17, 15) is 9.59 Å². The topological polar surface area (TPSA) is 58.6 Å². The van der Waals surface area contributed by atoms with Crippen LogP contribution in [-0.4, -0.2) is 43.6 Å². The van der Waals surface area contributed by atoms with Crippen molar-refractivity contribution in [1.29, 1.82) is 0 Å². The fourth-order valence-corrected chi connectivity index (χ4v) is 0.897. The van der Waals surface area contributed by atoms with Crippen LogP contribution in [-0.2, 0) is 14.3 Å². The molecule has 1 N–H and O–H groups in total. The van der Waals surface area contributed by atoms with Crippen molar-refractivity contribution >= 4 is 11.9 Å².